The van der Waals surface area contributed by atoms with Crippen molar-refractivity contribution >= 4 is 0 Å². The standard InChI is InChI=1S/C9H17/c1-5-9(4)7-6-8(2)3/h5,8H,1,6-7H2,2-4H3/b9-5+. The normalized spacial score (nSPS) is 12.8. The molecule has 0 aromatic rings. The maximum atomic E-state index is 3.70. The van der Waals surface area contributed by atoms with Gasteiger partial charge in [0.25, 0.3) is 0 Å². The largest absolute Gasteiger partial charge is 0.0853 e. The molecule has 0 saturated heterocycles. The van der Waals surface area contributed by atoms with Gasteiger partial charge in [0, 0.05) is 0 Å². The molecule has 0 aromatic heterocycles. The second-order valence-corrected chi connectivity index (χ2v) is 2.98. The van der Waals surface area contributed by atoms with Crippen molar-refractivity contribution in [3.05, 3.63) is 18.6 Å². The molecule has 0 heteroatoms. The fourth-order valence-electron chi connectivity index (χ4n) is 0.618. The van der Waals surface area contributed by atoms with E-state index in [1.54, 1.807) is 0 Å². The minimum Gasteiger partial charge on any atom is -0.0853 e. The van der Waals surface area contributed by atoms with Crippen molar-refractivity contribution < 1.29 is 0 Å². The quantitative estimate of drug-likeness (QED) is 0.543. The van der Waals surface area contributed by atoms with E-state index in [-0.39, 0.29) is 0 Å². The van der Waals surface area contributed by atoms with Gasteiger partial charge in [0.2, 0.25) is 0 Å². The van der Waals surface area contributed by atoms with E-state index in [4.69, 9.17) is 0 Å². The maximum absolute atomic E-state index is 3.70. The Bertz CT molecular complexity index is 88.2. The second kappa shape index (κ2) is 4.60. The summed E-state index contributed by atoms with van der Waals surface area (Å²) in [5.41, 5.74) is 1.41. The van der Waals surface area contributed by atoms with Crippen molar-refractivity contribution in [1.29, 1.82) is 0 Å². The minimum absolute atomic E-state index is 0.819. The summed E-state index contributed by atoms with van der Waals surface area (Å²) in [7, 11) is 0. The molecule has 9 heavy (non-hydrogen) atoms. The van der Waals surface area contributed by atoms with Gasteiger partial charge < -0.3 is 0 Å². The van der Waals surface area contributed by atoms with Crippen LogP contribution in [0.1, 0.15) is 33.6 Å². The molecule has 0 aliphatic carbocycles. The first-order valence-electron chi connectivity index (χ1n) is 3.61. The van der Waals surface area contributed by atoms with Crippen LogP contribution >= 0.6 is 0 Å². The Morgan fingerprint density at radius 1 is 1.56 bits per heavy atom. The number of hydrogen-bond acceptors (Lipinski definition) is 0. The molecule has 0 unspecified atom stereocenters. The highest BCUT2D eigenvalue weighted by Crippen LogP contribution is 2.09. The molecule has 0 fully saturated rings. The highest BCUT2D eigenvalue weighted by atomic mass is 14.0. The fourth-order valence-corrected chi connectivity index (χ4v) is 0.618. The second-order valence-electron chi connectivity index (χ2n) is 2.98. The van der Waals surface area contributed by atoms with Gasteiger partial charge in [-0.1, -0.05) is 25.5 Å². The monoisotopic (exact) mass is 125 g/mol. The smallest absolute Gasteiger partial charge is 0.0313 e. The van der Waals surface area contributed by atoms with Crippen LogP contribution in [-0.2, 0) is 0 Å². The molecule has 0 saturated carbocycles. The van der Waals surface area contributed by atoms with Crippen LogP contribution in [-0.4, -0.2) is 0 Å². The summed E-state index contributed by atoms with van der Waals surface area (Å²) in [6.07, 6.45) is 4.45. The Morgan fingerprint density at radius 2 is 2.11 bits per heavy atom. The lowest BCUT2D eigenvalue weighted by molar-refractivity contribution is 0.584. The lowest BCUT2D eigenvalue weighted by Crippen LogP contribution is -1.86. The molecule has 0 bridgehead atoms. The van der Waals surface area contributed by atoms with E-state index in [1.165, 1.54) is 18.4 Å². The fraction of sp³-hybridized carbons (Fsp3) is 0.667. The maximum Gasteiger partial charge on any atom is -0.0313 e. The predicted octanol–water partition coefficient (Wildman–Crippen LogP) is 3.20. The lowest BCUT2D eigenvalue weighted by atomic mass is 10.0. The summed E-state index contributed by atoms with van der Waals surface area (Å²) in [4.78, 5) is 0. The molecule has 1 radical (unpaired) electrons. The predicted molar refractivity (Wildman–Crippen MR) is 43.2 cm³/mol. The SMILES string of the molecule is [CH2]/C=C(\C)CCC(C)C. The first kappa shape index (κ1) is 8.74. The van der Waals surface area contributed by atoms with Gasteiger partial charge in [-0.3, -0.25) is 0 Å². The molecule has 0 aromatic carbocycles. The van der Waals surface area contributed by atoms with E-state index in [1.807, 2.05) is 6.08 Å². The van der Waals surface area contributed by atoms with Crippen molar-refractivity contribution in [2.45, 2.75) is 33.6 Å². The van der Waals surface area contributed by atoms with Gasteiger partial charge in [0.15, 0.2) is 0 Å². The summed E-state index contributed by atoms with van der Waals surface area (Å²) in [5, 5.41) is 0. The molecule has 0 aliphatic rings. The summed E-state index contributed by atoms with van der Waals surface area (Å²) in [6, 6.07) is 0. The van der Waals surface area contributed by atoms with Gasteiger partial charge in [-0.2, -0.15) is 0 Å². The van der Waals surface area contributed by atoms with Crippen molar-refractivity contribution in [3.8, 4) is 0 Å². The molecule has 53 valence electrons. The van der Waals surface area contributed by atoms with Gasteiger partial charge in [0.05, 0.1) is 0 Å². The molecule has 0 rings (SSSR count). The van der Waals surface area contributed by atoms with E-state index < -0.39 is 0 Å². The minimum atomic E-state index is 0.819. The molecular formula is C9H17. The summed E-state index contributed by atoms with van der Waals surface area (Å²) in [6.45, 7) is 10.3. The molecule has 0 nitrogen and oxygen atoms in total. The first-order chi connectivity index (χ1) is 4.16. The first-order valence-corrected chi connectivity index (χ1v) is 3.61. The van der Waals surface area contributed by atoms with Gasteiger partial charge >= 0.3 is 0 Å². The molecule has 0 N–H and O–H groups in total. The Balaban J connectivity index is 3.28. The zero-order chi connectivity index (χ0) is 7.28. The zero-order valence-corrected chi connectivity index (χ0v) is 6.78. The average Bonchev–Trinajstić information content (AvgIpc) is 1.83. The van der Waals surface area contributed by atoms with Crippen LogP contribution in [0, 0.1) is 12.8 Å². The van der Waals surface area contributed by atoms with E-state index in [9.17, 15) is 0 Å². The van der Waals surface area contributed by atoms with Crippen molar-refractivity contribution in [1.82, 2.24) is 0 Å². The lowest BCUT2D eigenvalue weighted by Gasteiger charge is -2.02. The topological polar surface area (TPSA) is 0 Å². The van der Waals surface area contributed by atoms with Crippen LogP contribution < -0.4 is 0 Å². The average molecular weight is 125 g/mol. The molecule has 0 aliphatic heterocycles. The third kappa shape index (κ3) is 5.61. The Hall–Kier alpha value is -0.260. The third-order valence-corrected chi connectivity index (χ3v) is 1.46. The van der Waals surface area contributed by atoms with E-state index in [0.29, 0.717) is 0 Å². The Labute approximate surface area is 59.0 Å². The van der Waals surface area contributed by atoms with E-state index >= 15 is 0 Å². The van der Waals surface area contributed by atoms with Crippen molar-refractivity contribution in [2.75, 3.05) is 0 Å². The highest BCUT2D eigenvalue weighted by Gasteiger charge is 1.92. The number of allylic oxidation sites excluding steroid dienone is 2. The Kier molecular flexibility index (Phi) is 4.47. The van der Waals surface area contributed by atoms with Gasteiger partial charge in [-0.05, 0) is 32.6 Å². The van der Waals surface area contributed by atoms with Crippen LogP contribution in [0.2, 0.25) is 0 Å². The summed E-state index contributed by atoms with van der Waals surface area (Å²) >= 11 is 0. The van der Waals surface area contributed by atoms with Crippen LogP contribution in [0.3, 0.4) is 0 Å². The molecule has 0 amide bonds. The number of hydrogen-bond donors (Lipinski definition) is 0. The molecule has 0 atom stereocenters. The van der Waals surface area contributed by atoms with Crippen molar-refractivity contribution in [2.24, 2.45) is 5.92 Å². The van der Waals surface area contributed by atoms with Crippen LogP contribution in [0.15, 0.2) is 11.6 Å². The Morgan fingerprint density at radius 3 is 2.44 bits per heavy atom. The molecular weight excluding hydrogens is 108 g/mol. The van der Waals surface area contributed by atoms with Crippen LogP contribution in [0.4, 0.5) is 0 Å². The van der Waals surface area contributed by atoms with Gasteiger partial charge in [-0.15, -0.1) is 0 Å². The van der Waals surface area contributed by atoms with Gasteiger partial charge in [0.1, 0.15) is 0 Å². The van der Waals surface area contributed by atoms with E-state index in [2.05, 4.69) is 27.7 Å². The van der Waals surface area contributed by atoms with Crippen LogP contribution in [0.5, 0.6) is 0 Å². The van der Waals surface area contributed by atoms with Crippen LogP contribution in [0.25, 0.3) is 0 Å². The summed E-state index contributed by atoms with van der Waals surface area (Å²) < 4.78 is 0. The molecule has 0 spiro atoms. The summed E-state index contributed by atoms with van der Waals surface area (Å²) in [5.74, 6) is 0.819. The van der Waals surface area contributed by atoms with E-state index in [0.717, 1.165) is 5.92 Å². The highest BCUT2D eigenvalue weighted by molar-refractivity contribution is 4.99. The molecule has 0 heterocycles. The zero-order valence-electron chi connectivity index (χ0n) is 6.78. The number of rotatable bonds is 3. The third-order valence-electron chi connectivity index (χ3n) is 1.46. The van der Waals surface area contributed by atoms with Crippen molar-refractivity contribution in [3.63, 3.8) is 0 Å². The van der Waals surface area contributed by atoms with Gasteiger partial charge in [-0.25, -0.2) is 0 Å².